The Bertz CT molecular complexity index is 1270. The number of rotatable bonds is 10. The first-order valence-electron chi connectivity index (χ1n) is 10.9. The summed E-state index contributed by atoms with van der Waals surface area (Å²) in [5.74, 6) is -2.76. The van der Waals surface area contributed by atoms with E-state index in [-0.39, 0.29) is 18.1 Å². The third kappa shape index (κ3) is 6.89. The Morgan fingerprint density at radius 2 is 1.71 bits per heavy atom. The number of hydrogen-bond donors (Lipinski definition) is 1. The van der Waals surface area contributed by atoms with Crippen LogP contribution >= 0.6 is 0 Å². The second kappa shape index (κ2) is 11.1. The molecule has 0 radical (unpaired) electrons. The average Bonchev–Trinajstić information content (AvgIpc) is 3.26. The SMILES string of the molecule is CC[C@H](NC(=O)[C@H](CS(=O)(=O)Cc1ccccc1)OC(=O)N(C)C)C(=O)c1nc2ccccc2o1. The minimum atomic E-state index is -3.85. The van der Waals surface area contributed by atoms with Gasteiger partial charge in [0.15, 0.2) is 21.5 Å². The van der Waals surface area contributed by atoms with E-state index in [1.54, 1.807) is 61.5 Å². The van der Waals surface area contributed by atoms with Gasteiger partial charge in [-0.05, 0) is 24.1 Å². The van der Waals surface area contributed by atoms with Gasteiger partial charge in [0.1, 0.15) is 5.52 Å². The normalized spacial score (nSPS) is 13.1. The third-order valence-corrected chi connectivity index (χ3v) is 6.67. The predicted molar refractivity (Wildman–Crippen MR) is 128 cm³/mol. The van der Waals surface area contributed by atoms with Crippen molar-refractivity contribution in [2.45, 2.75) is 31.2 Å². The summed E-state index contributed by atoms with van der Waals surface area (Å²) in [4.78, 5) is 43.4. The van der Waals surface area contributed by atoms with Crippen molar-refractivity contribution in [3.05, 3.63) is 66.1 Å². The van der Waals surface area contributed by atoms with Gasteiger partial charge in [0.25, 0.3) is 11.8 Å². The number of nitrogens with zero attached hydrogens (tertiary/aromatic N) is 2. The number of amides is 2. The number of ether oxygens (including phenoxy) is 1. The van der Waals surface area contributed by atoms with Crippen LogP contribution < -0.4 is 5.32 Å². The van der Waals surface area contributed by atoms with E-state index < -0.39 is 45.5 Å². The quantitative estimate of drug-likeness (QED) is 0.419. The van der Waals surface area contributed by atoms with Gasteiger partial charge in [0, 0.05) is 14.1 Å². The predicted octanol–water partition coefficient (Wildman–Crippen LogP) is 2.59. The molecule has 0 spiro atoms. The van der Waals surface area contributed by atoms with Crippen molar-refractivity contribution in [2.24, 2.45) is 0 Å². The largest absolute Gasteiger partial charge is 0.435 e. The minimum Gasteiger partial charge on any atom is -0.435 e. The molecule has 1 heterocycles. The highest BCUT2D eigenvalue weighted by Gasteiger charge is 2.33. The van der Waals surface area contributed by atoms with Crippen molar-refractivity contribution < 1.29 is 32.0 Å². The van der Waals surface area contributed by atoms with Crippen LogP contribution in [-0.4, -0.2) is 68.1 Å². The van der Waals surface area contributed by atoms with E-state index in [0.29, 0.717) is 16.7 Å². The van der Waals surface area contributed by atoms with E-state index in [1.807, 2.05) is 0 Å². The van der Waals surface area contributed by atoms with Gasteiger partial charge in [0.05, 0.1) is 17.5 Å². The lowest BCUT2D eigenvalue weighted by molar-refractivity contribution is -0.129. The second-order valence-electron chi connectivity index (χ2n) is 8.13. The van der Waals surface area contributed by atoms with Crippen LogP contribution in [0.2, 0.25) is 0 Å². The number of fused-ring (bicyclic) bond motifs is 1. The van der Waals surface area contributed by atoms with Gasteiger partial charge in [-0.2, -0.15) is 0 Å². The van der Waals surface area contributed by atoms with Crippen LogP contribution in [0.5, 0.6) is 0 Å². The fourth-order valence-corrected chi connectivity index (χ4v) is 4.75. The molecule has 2 atom stereocenters. The molecule has 0 saturated heterocycles. The van der Waals surface area contributed by atoms with Gasteiger partial charge in [-0.1, -0.05) is 49.4 Å². The minimum absolute atomic E-state index is 0.175. The molecule has 3 rings (SSSR count). The van der Waals surface area contributed by atoms with Crippen molar-refractivity contribution in [1.82, 2.24) is 15.2 Å². The summed E-state index contributed by atoms with van der Waals surface area (Å²) in [5.41, 5.74) is 1.44. The summed E-state index contributed by atoms with van der Waals surface area (Å²) in [7, 11) is -1.05. The molecule has 3 aromatic rings. The van der Waals surface area contributed by atoms with Gasteiger partial charge in [-0.25, -0.2) is 18.2 Å². The van der Waals surface area contributed by atoms with Crippen LogP contribution in [0.25, 0.3) is 11.1 Å². The van der Waals surface area contributed by atoms with Crippen molar-refractivity contribution >= 4 is 38.7 Å². The van der Waals surface area contributed by atoms with Gasteiger partial charge in [-0.15, -0.1) is 0 Å². The van der Waals surface area contributed by atoms with Crippen LogP contribution in [0.4, 0.5) is 4.79 Å². The number of nitrogens with one attached hydrogen (secondary N) is 1. The van der Waals surface area contributed by atoms with Gasteiger partial charge >= 0.3 is 6.09 Å². The van der Waals surface area contributed by atoms with Crippen molar-refractivity contribution in [3.8, 4) is 0 Å². The second-order valence-corrected chi connectivity index (χ2v) is 10.2. The Labute approximate surface area is 203 Å². The molecule has 0 aliphatic carbocycles. The molecule has 35 heavy (non-hydrogen) atoms. The molecule has 10 nitrogen and oxygen atoms in total. The number of Topliss-reactive ketones (excluding diaryl/α,β-unsaturated/α-hetero) is 1. The van der Waals surface area contributed by atoms with Crippen molar-refractivity contribution in [3.63, 3.8) is 0 Å². The summed E-state index contributed by atoms with van der Waals surface area (Å²) in [6.45, 7) is 1.67. The first-order chi connectivity index (χ1) is 16.6. The third-order valence-electron chi connectivity index (χ3n) is 5.08. The Kier molecular flexibility index (Phi) is 8.23. The van der Waals surface area contributed by atoms with Gasteiger partial charge in [0.2, 0.25) is 5.78 Å². The van der Waals surface area contributed by atoms with Gasteiger partial charge in [-0.3, -0.25) is 9.59 Å². The maximum atomic E-state index is 13.0. The maximum absolute atomic E-state index is 13.0. The lowest BCUT2D eigenvalue weighted by atomic mass is 10.1. The fourth-order valence-electron chi connectivity index (χ4n) is 3.25. The monoisotopic (exact) mass is 501 g/mol. The molecule has 1 aromatic heterocycles. The van der Waals surface area contributed by atoms with Crippen molar-refractivity contribution in [1.29, 1.82) is 0 Å². The highest BCUT2D eigenvalue weighted by atomic mass is 32.2. The number of carbonyl (C=O) groups excluding carboxylic acids is 3. The Balaban J connectivity index is 1.78. The maximum Gasteiger partial charge on any atom is 0.410 e. The molecule has 0 aliphatic heterocycles. The van der Waals surface area contributed by atoms with Gasteiger partial charge < -0.3 is 19.4 Å². The number of carbonyl (C=O) groups is 3. The zero-order valence-corrected chi connectivity index (χ0v) is 20.4. The summed E-state index contributed by atoms with van der Waals surface area (Å²) in [6, 6.07) is 14.2. The smallest absolute Gasteiger partial charge is 0.410 e. The number of para-hydroxylation sites is 2. The molecule has 0 unspecified atom stereocenters. The standard InChI is InChI=1S/C24H27N3O7S/c1-4-17(21(28)23-26-18-12-8-9-13-19(18)33-23)25-22(29)20(34-24(30)27(2)3)15-35(31,32)14-16-10-6-5-7-11-16/h5-13,17,20H,4,14-15H2,1-3H3,(H,25,29)/t17-,20-/m0/s1. The Morgan fingerprint density at radius 1 is 1.06 bits per heavy atom. The number of hydrogen-bond acceptors (Lipinski definition) is 8. The molecular weight excluding hydrogens is 474 g/mol. The molecule has 0 saturated carbocycles. The summed E-state index contributed by atoms with van der Waals surface area (Å²) in [6.07, 6.45) is -2.38. The number of ketones is 1. The zero-order chi connectivity index (χ0) is 25.6. The van der Waals surface area contributed by atoms with Crippen LogP contribution in [0.15, 0.2) is 59.0 Å². The van der Waals surface area contributed by atoms with Crippen LogP contribution in [0, 0.1) is 0 Å². The zero-order valence-electron chi connectivity index (χ0n) is 19.6. The van der Waals surface area contributed by atoms with E-state index in [0.717, 1.165) is 4.90 Å². The first-order valence-corrected chi connectivity index (χ1v) is 12.7. The molecule has 1 N–H and O–H groups in total. The summed E-state index contributed by atoms with van der Waals surface area (Å²) in [5, 5.41) is 2.49. The van der Waals surface area contributed by atoms with Crippen molar-refractivity contribution in [2.75, 3.05) is 19.8 Å². The Morgan fingerprint density at radius 3 is 2.34 bits per heavy atom. The topological polar surface area (TPSA) is 136 Å². The number of aromatic nitrogens is 1. The Hall–Kier alpha value is -3.73. The van der Waals surface area contributed by atoms with E-state index in [4.69, 9.17) is 9.15 Å². The van der Waals surface area contributed by atoms with E-state index in [2.05, 4.69) is 10.3 Å². The average molecular weight is 502 g/mol. The number of oxazole rings is 1. The molecule has 0 fully saturated rings. The molecule has 2 aromatic carbocycles. The molecule has 2 amide bonds. The highest BCUT2D eigenvalue weighted by Crippen LogP contribution is 2.17. The first kappa shape index (κ1) is 25.9. The van der Waals surface area contributed by atoms with Crippen LogP contribution in [0.1, 0.15) is 29.6 Å². The lowest BCUT2D eigenvalue weighted by Crippen LogP contribution is -2.49. The lowest BCUT2D eigenvalue weighted by Gasteiger charge is -2.22. The molecule has 11 heteroatoms. The molecule has 0 aliphatic rings. The number of benzene rings is 2. The molecular formula is C24H27N3O7S. The number of sulfone groups is 1. The summed E-state index contributed by atoms with van der Waals surface area (Å²) < 4.78 is 36.3. The summed E-state index contributed by atoms with van der Waals surface area (Å²) >= 11 is 0. The highest BCUT2D eigenvalue weighted by molar-refractivity contribution is 7.90. The van der Waals surface area contributed by atoms with Crippen LogP contribution in [-0.2, 0) is 25.1 Å². The van der Waals surface area contributed by atoms with E-state index in [9.17, 15) is 22.8 Å². The molecule has 0 bridgehead atoms. The van der Waals surface area contributed by atoms with Crippen LogP contribution in [0.3, 0.4) is 0 Å². The van der Waals surface area contributed by atoms with E-state index >= 15 is 0 Å². The molecule has 186 valence electrons. The van der Waals surface area contributed by atoms with E-state index in [1.165, 1.54) is 14.1 Å². The fraction of sp³-hybridized carbons (Fsp3) is 0.333.